The van der Waals surface area contributed by atoms with Crippen molar-refractivity contribution in [1.82, 2.24) is 15.0 Å². The van der Waals surface area contributed by atoms with Gasteiger partial charge in [0.25, 0.3) is 0 Å². The first-order valence-corrected chi connectivity index (χ1v) is 9.61. The van der Waals surface area contributed by atoms with Crippen LogP contribution in [-0.2, 0) is 6.54 Å². The Kier molecular flexibility index (Phi) is 5.10. The van der Waals surface area contributed by atoms with Crippen LogP contribution in [0.1, 0.15) is 27.3 Å². The van der Waals surface area contributed by atoms with Crippen molar-refractivity contribution in [2.75, 3.05) is 12.4 Å². The molecule has 1 amide bonds. The van der Waals surface area contributed by atoms with E-state index in [0.717, 1.165) is 27.7 Å². The molecule has 4 aromatic rings. The summed E-state index contributed by atoms with van der Waals surface area (Å²) in [6.45, 7) is 4.39. The maximum absolute atomic E-state index is 12.0. The lowest BCUT2D eigenvalue weighted by atomic mass is 10.0. The van der Waals surface area contributed by atoms with Crippen LogP contribution in [0.25, 0.3) is 22.3 Å². The normalized spacial score (nSPS) is 10.9. The summed E-state index contributed by atoms with van der Waals surface area (Å²) in [7, 11) is 1.60. The first-order valence-electron chi connectivity index (χ1n) is 9.61. The summed E-state index contributed by atoms with van der Waals surface area (Å²) in [5, 5.41) is 4.07. The van der Waals surface area contributed by atoms with Crippen molar-refractivity contribution in [3.63, 3.8) is 0 Å². The van der Waals surface area contributed by atoms with E-state index in [1.165, 1.54) is 0 Å². The summed E-state index contributed by atoms with van der Waals surface area (Å²) in [5.74, 6) is 1.19. The molecule has 0 atom stereocenters. The standard InChI is InChI=1S/C23H23N5O2/c1-13-18(19-16(21(24)29)10-7-11-17(19)26-13)22-27-14(2)20(30-3)23(28-22)25-12-15-8-5-4-6-9-15/h4-11,26H,12H2,1-3H3,(H2,24,29)(H,25,27,28). The monoisotopic (exact) mass is 401 g/mol. The van der Waals surface area contributed by atoms with E-state index in [2.05, 4.69) is 15.3 Å². The van der Waals surface area contributed by atoms with Crippen LogP contribution in [0.4, 0.5) is 5.82 Å². The third-order valence-corrected chi connectivity index (χ3v) is 5.04. The van der Waals surface area contributed by atoms with Crippen molar-refractivity contribution in [3.8, 4) is 17.1 Å². The number of nitrogens with two attached hydrogens (primary N) is 1. The van der Waals surface area contributed by atoms with Gasteiger partial charge in [-0.05, 0) is 31.5 Å². The van der Waals surface area contributed by atoms with Crippen LogP contribution in [-0.4, -0.2) is 28.0 Å². The number of H-pyrrole nitrogens is 1. The highest BCUT2D eigenvalue weighted by atomic mass is 16.5. The molecule has 0 saturated heterocycles. The van der Waals surface area contributed by atoms with Crippen LogP contribution in [0.15, 0.2) is 48.5 Å². The number of aromatic nitrogens is 3. The Bertz CT molecular complexity index is 1230. The Morgan fingerprint density at radius 1 is 1.10 bits per heavy atom. The fourth-order valence-corrected chi connectivity index (χ4v) is 3.68. The zero-order chi connectivity index (χ0) is 21.3. The molecule has 0 unspecified atom stereocenters. The molecule has 2 aromatic carbocycles. The molecule has 152 valence electrons. The van der Waals surface area contributed by atoms with Crippen molar-refractivity contribution < 1.29 is 9.53 Å². The van der Waals surface area contributed by atoms with Gasteiger partial charge in [0.2, 0.25) is 5.91 Å². The van der Waals surface area contributed by atoms with Gasteiger partial charge in [0.15, 0.2) is 17.4 Å². The van der Waals surface area contributed by atoms with Gasteiger partial charge in [0.05, 0.1) is 12.8 Å². The van der Waals surface area contributed by atoms with Crippen molar-refractivity contribution >= 4 is 22.6 Å². The van der Waals surface area contributed by atoms with E-state index >= 15 is 0 Å². The van der Waals surface area contributed by atoms with E-state index in [1.807, 2.05) is 50.2 Å². The highest BCUT2D eigenvalue weighted by Crippen LogP contribution is 2.35. The van der Waals surface area contributed by atoms with Gasteiger partial charge in [-0.2, -0.15) is 0 Å². The van der Waals surface area contributed by atoms with E-state index in [-0.39, 0.29) is 0 Å². The van der Waals surface area contributed by atoms with Crippen LogP contribution in [0.2, 0.25) is 0 Å². The highest BCUT2D eigenvalue weighted by Gasteiger charge is 2.21. The molecule has 7 heteroatoms. The molecule has 0 aliphatic heterocycles. The van der Waals surface area contributed by atoms with E-state index in [4.69, 9.17) is 15.5 Å². The topological polar surface area (TPSA) is 106 Å². The number of hydrogen-bond donors (Lipinski definition) is 3. The summed E-state index contributed by atoms with van der Waals surface area (Å²) in [4.78, 5) is 24.8. The van der Waals surface area contributed by atoms with Gasteiger partial charge in [-0.1, -0.05) is 36.4 Å². The highest BCUT2D eigenvalue weighted by molar-refractivity contribution is 6.11. The van der Waals surface area contributed by atoms with Crippen LogP contribution in [0.5, 0.6) is 5.75 Å². The van der Waals surface area contributed by atoms with Gasteiger partial charge < -0.3 is 20.8 Å². The van der Waals surface area contributed by atoms with Gasteiger partial charge >= 0.3 is 0 Å². The molecular weight excluding hydrogens is 378 g/mol. The lowest BCUT2D eigenvalue weighted by Gasteiger charge is -2.14. The first kappa shape index (κ1) is 19.4. The molecule has 0 bridgehead atoms. The number of aromatic amines is 1. The quantitative estimate of drug-likeness (QED) is 0.453. The van der Waals surface area contributed by atoms with Crippen molar-refractivity contribution in [3.05, 3.63) is 71.0 Å². The summed E-state index contributed by atoms with van der Waals surface area (Å²) in [6, 6.07) is 15.5. The molecule has 2 heterocycles. The lowest BCUT2D eigenvalue weighted by molar-refractivity contribution is 0.100. The largest absolute Gasteiger partial charge is 0.491 e. The average molecular weight is 401 g/mol. The molecular formula is C23H23N5O2. The number of nitrogens with zero attached hydrogens (tertiary/aromatic N) is 2. The second-order valence-corrected chi connectivity index (χ2v) is 7.07. The number of fused-ring (bicyclic) bond motifs is 1. The number of amides is 1. The molecule has 0 fully saturated rings. The van der Waals surface area contributed by atoms with Crippen molar-refractivity contribution in [1.29, 1.82) is 0 Å². The zero-order valence-corrected chi connectivity index (χ0v) is 17.1. The molecule has 0 aliphatic rings. The molecule has 30 heavy (non-hydrogen) atoms. The second-order valence-electron chi connectivity index (χ2n) is 7.07. The number of hydrogen-bond acceptors (Lipinski definition) is 5. The van der Waals surface area contributed by atoms with Crippen molar-refractivity contribution in [2.24, 2.45) is 5.73 Å². The maximum Gasteiger partial charge on any atom is 0.249 e. The van der Waals surface area contributed by atoms with Crippen LogP contribution >= 0.6 is 0 Å². The van der Waals surface area contributed by atoms with E-state index in [9.17, 15) is 4.79 Å². The number of rotatable bonds is 6. The van der Waals surface area contributed by atoms with Gasteiger partial charge in [0.1, 0.15) is 0 Å². The molecule has 0 radical (unpaired) electrons. The fraction of sp³-hybridized carbons (Fsp3) is 0.174. The second kappa shape index (κ2) is 7.87. The van der Waals surface area contributed by atoms with Crippen LogP contribution in [0, 0.1) is 13.8 Å². The number of carbonyl (C=O) groups is 1. The lowest BCUT2D eigenvalue weighted by Crippen LogP contribution is -2.11. The van der Waals surface area contributed by atoms with Crippen molar-refractivity contribution in [2.45, 2.75) is 20.4 Å². The number of carbonyl (C=O) groups excluding carboxylic acids is 1. The molecule has 0 aliphatic carbocycles. The average Bonchev–Trinajstić information content (AvgIpc) is 3.08. The number of benzene rings is 2. The minimum atomic E-state index is -0.492. The zero-order valence-electron chi connectivity index (χ0n) is 17.1. The van der Waals surface area contributed by atoms with E-state index in [1.54, 1.807) is 19.2 Å². The molecule has 0 spiro atoms. The Labute approximate surface area is 174 Å². The summed E-state index contributed by atoms with van der Waals surface area (Å²) in [6.07, 6.45) is 0. The first-order chi connectivity index (χ1) is 14.5. The Morgan fingerprint density at radius 2 is 1.87 bits per heavy atom. The van der Waals surface area contributed by atoms with Crippen LogP contribution < -0.4 is 15.8 Å². The molecule has 2 aromatic heterocycles. The predicted octanol–water partition coefficient (Wildman–Crippen LogP) is 3.96. The van der Waals surface area contributed by atoms with Gasteiger partial charge in [-0.3, -0.25) is 4.79 Å². The smallest absolute Gasteiger partial charge is 0.249 e. The number of nitrogens with one attached hydrogen (secondary N) is 2. The number of ether oxygens (including phenoxy) is 1. The van der Waals surface area contributed by atoms with Gasteiger partial charge in [-0.25, -0.2) is 9.97 Å². The fourth-order valence-electron chi connectivity index (χ4n) is 3.68. The number of primary amides is 1. The molecule has 7 nitrogen and oxygen atoms in total. The van der Waals surface area contributed by atoms with E-state index < -0.39 is 5.91 Å². The minimum Gasteiger partial charge on any atom is -0.491 e. The van der Waals surface area contributed by atoms with Gasteiger partial charge in [0, 0.05) is 34.3 Å². The number of aryl methyl sites for hydroxylation is 2. The predicted molar refractivity (Wildman–Crippen MR) is 118 cm³/mol. The minimum absolute atomic E-state index is 0.433. The Balaban J connectivity index is 1.85. The third-order valence-electron chi connectivity index (χ3n) is 5.04. The summed E-state index contributed by atoms with van der Waals surface area (Å²) < 4.78 is 5.55. The Morgan fingerprint density at radius 3 is 2.57 bits per heavy atom. The summed E-state index contributed by atoms with van der Waals surface area (Å²) >= 11 is 0. The van der Waals surface area contributed by atoms with E-state index in [0.29, 0.717) is 35.2 Å². The maximum atomic E-state index is 12.0. The Hall–Kier alpha value is -3.87. The number of methoxy groups -OCH3 is 1. The SMILES string of the molecule is COc1c(C)nc(-c2c(C)[nH]c3cccc(C(N)=O)c23)nc1NCc1ccccc1. The summed E-state index contributed by atoms with van der Waals surface area (Å²) in [5.41, 5.74) is 10.3. The van der Waals surface area contributed by atoms with Gasteiger partial charge in [-0.15, -0.1) is 0 Å². The number of anilines is 1. The molecule has 0 saturated carbocycles. The third kappa shape index (κ3) is 3.45. The molecule has 4 N–H and O–H groups in total. The van der Waals surface area contributed by atoms with Crippen LogP contribution in [0.3, 0.4) is 0 Å². The molecule has 4 rings (SSSR count).